The van der Waals surface area contributed by atoms with Crippen molar-refractivity contribution in [3.05, 3.63) is 24.3 Å². The van der Waals surface area contributed by atoms with E-state index in [0.29, 0.717) is 17.8 Å². The highest BCUT2D eigenvalue weighted by Crippen LogP contribution is 2.51. The zero-order valence-corrected chi connectivity index (χ0v) is 5.83. The lowest BCUT2D eigenvalue weighted by Gasteiger charge is -2.13. The van der Waals surface area contributed by atoms with E-state index in [0.717, 1.165) is 6.42 Å². The molecule has 0 N–H and O–H groups in total. The van der Waals surface area contributed by atoms with E-state index in [2.05, 4.69) is 24.3 Å². The Kier molecular flexibility index (Phi) is 0.583. The summed E-state index contributed by atoms with van der Waals surface area (Å²) in [5.41, 5.74) is 0. The predicted octanol–water partition coefficient (Wildman–Crippen LogP) is 2.38. The zero-order valence-electron chi connectivity index (χ0n) is 7.83. The van der Waals surface area contributed by atoms with Gasteiger partial charge in [-0.25, -0.2) is 0 Å². The number of rotatable bonds is 0. The maximum atomic E-state index is 7.85. The molecule has 0 aromatic carbocycles. The van der Waals surface area contributed by atoms with Crippen LogP contribution in [-0.4, -0.2) is 0 Å². The molecular weight excluding hydrogens is 120 g/mol. The molecule has 3 aliphatic carbocycles. The van der Waals surface area contributed by atoms with E-state index >= 15 is 0 Å². The number of hydrogen-bond donors (Lipinski definition) is 0. The van der Waals surface area contributed by atoms with Crippen molar-refractivity contribution in [2.45, 2.75) is 12.8 Å². The van der Waals surface area contributed by atoms with Gasteiger partial charge < -0.3 is 0 Å². The molecule has 0 heteroatoms. The van der Waals surface area contributed by atoms with Crippen LogP contribution < -0.4 is 0 Å². The molecule has 0 nitrogen and oxygen atoms in total. The molecule has 0 saturated heterocycles. The first-order chi connectivity index (χ1) is 5.68. The van der Waals surface area contributed by atoms with Crippen LogP contribution in [0.4, 0.5) is 0 Å². The van der Waals surface area contributed by atoms with Gasteiger partial charge in [0, 0.05) is 2.74 Å². The molecule has 3 aliphatic rings. The van der Waals surface area contributed by atoms with Gasteiger partial charge in [-0.2, -0.15) is 0 Å². The molecule has 0 amide bonds. The molecule has 10 heavy (non-hydrogen) atoms. The van der Waals surface area contributed by atoms with Crippen LogP contribution in [0.25, 0.3) is 0 Å². The van der Waals surface area contributed by atoms with Crippen molar-refractivity contribution in [2.75, 3.05) is 0 Å². The van der Waals surface area contributed by atoms with E-state index in [-0.39, 0.29) is 5.92 Å². The van der Waals surface area contributed by atoms with Crippen molar-refractivity contribution in [3.8, 4) is 0 Å². The average molecular weight is 134 g/mol. The quantitative estimate of drug-likeness (QED) is 0.446. The van der Waals surface area contributed by atoms with E-state index in [1.54, 1.807) is 0 Å². The molecule has 0 spiro atoms. The number of allylic oxidation sites excluding steroid dienone is 4. The molecule has 0 radical (unpaired) electrons. The van der Waals surface area contributed by atoms with Crippen LogP contribution >= 0.6 is 0 Å². The van der Waals surface area contributed by atoms with Crippen molar-refractivity contribution in [3.63, 3.8) is 0 Å². The highest BCUT2D eigenvalue weighted by atomic mass is 14.5. The van der Waals surface area contributed by atoms with Gasteiger partial charge in [0.2, 0.25) is 0 Å². The Hall–Kier alpha value is -0.520. The second-order valence-corrected chi connectivity index (χ2v) is 3.52. The maximum absolute atomic E-state index is 7.85. The van der Waals surface area contributed by atoms with Gasteiger partial charge in [-0.15, -0.1) is 0 Å². The average Bonchev–Trinajstić information content (AvgIpc) is 2.53. The van der Waals surface area contributed by atoms with Gasteiger partial charge in [0.1, 0.15) is 0 Å². The monoisotopic (exact) mass is 134 g/mol. The largest absolute Gasteiger partial charge is 0.0845 e. The molecule has 0 aromatic rings. The standard InChI is InChI=1S/C10H12/c1-2-8-5-6-9-4-3-7(1)10(8)9/h1-4,7-10H,5-6H2/i5D2. The van der Waals surface area contributed by atoms with Gasteiger partial charge in [-0.1, -0.05) is 24.3 Å². The predicted molar refractivity (Wildman–Crippen MR) is 41.5 cm³/mol. The second-order valence-electron chi connectivity index (χ2n) is 3.52. The molecule has 4 unspecified atom stereocenters. The molecular formula is C10H12. The fourth-order valence-electron chi connectivity index (χ4n) is 2.57. The van der Waals surface area contributed by atoms with Gasteiger partial charge >= 0.3 is 0 Å². The summed E-state index contributed by atoms with van der Waals surface area (Å²) in [5, 5.41) is 0. The third-order valence-electron chi connectivity index (χ3n) is 3.06. The molecule has 0 aromatic heterocycles. The van der Waals surface area contributed by atoms with Gasteiger partial charge in [0.15, 0.2) is 0 Å². The Morgan fingerprint density at radius 2 is 1.90 bits per heavy atom. The van der Waals surface area contributed by atoms with Crippen LogP contribution in [0.2, 0.25) is 0 Å². The van der Waals surface area contributed by atoms with Crippen molar-refractivity contribution >= 4 is 0 Å². The van der Waals surface area contributed by atoms with Crippen LogP contribution in [0.3, 0.4) is 0 Å². The van der Waals surface area contributed by atoms with Gasteiger partial charge in [0.25, 0.3) is 0 Å². The molecule has 0 bridgehead atoms. The summed E-state index contributed by atoms with van der Waals surface area (Å²) < 4.78 is 15.7. The minimum Gasteiger partial charge on any atom is -0.0845 e. The highest BCUT2D eigenvalue weighted by Gasteiger charge is 2.42. The van der Waals surface area contributed by atoms with E-state index < -0.39 is 6.37 Å². The van der Waals surface area contributed by atoms with Crippen molar-refractivity contribution < 1.29 is 2.74 Å². The summed E-state index contributed by atoms with van der Waals surface area (Å²) in [4.78, 5) is 0. The SMILES string of the molecule is [2H]C1([2H])CC2C=CC3C=CC1C32. The molecule has 1 saturated carbocycles. The Morgan fingerprint density at radius 1 is 1.10 bits per heavy atom. The molecule has 4 atom stereocenters. The summed E-state index contributed by atoms with van der Waals surface area (Å²) in [7, 11) is 0. The lowest BCUT2D eigenvalue weighted by molar-refractivity contribution is 0.397. The van der Waals surface area contributed by atoms with E-state index in [4.69, 9.17) is 2.74 Å². The fourth-order valence-corrected chi connectivity index (χ4v) is 2.57. The molecule has 3 rings (SSSR count). The second kappa shape index (κ2) is 1.55. The third kappa shape index (κ3) is 0.448. The summed E-state index contributed by atoms with van der Waals surface area (Å²) in [5.74, 6) is 1.84. The summed E-state index contributed by atoms with van der Waals surface area (Å²) in [6.45, 7) is 0. The van der Waals surface area contributed by atoms with E-state index in [1.165, 1.54) is 0 Å². The van der Waals surface area contributed by atoms with Gasteiger partial charge in [-0.3, -0.25) is 0 Å². The molecule has 1 fully saturated rings. The van der Waals surface area contributed by atoms with Crippen molar-refractivity contribution in [1.82, 2.24) is 0 Å². The third-order valence-corrected chi connectivity index (χ3v) is 3.06. The normalized spacial score (nSPS) is 62.4. The highest BCUT2D eigenvalue weighted by molar-refractivity contribution is 5.24. The van der Waals surface area contributed by atoms with Crippen LogP contribution in [0.15, 0.2) is 24.3 Å². The molecule has 0 heterocycles. The van der Waals surface area contributed by atoms with E-state index in [9.17, 15) is 0 Å². The zero-order chi connectivity index (χ0) is 8.34. The van der Waals surface area contributed by atoms with Crippen LogP contribution in [0.1, 0.15) is 15.5 Å². The van der Waals surface area contributed by atoms with Crippen molar-refractivity contribution in [1.29, 1.82) is 0 Å². The Bertz CT molecular complexity index is 278. The minimum absolute atomic E-state index is 0.197. The topological polar surface area (TPSA) is 0 Å². The Labute approximate surface area is 64.4 Å². The first-order valence-corrected chi connectivity index (χ1v) is 4.05. The molecule has 0 aliphatic heterocycles. The number of hydrogen-bond acceptors (Lipinski definition) is 0. The summed E-state index contributed by atoms with van der Waals surface area (Å²) in [6.07, 6.45) is 8.55. The van der Waals surface area contributed by atoms with Gasteiger partial charge in [-0.05, 0) is 36.5 Å². The Morgan fingerprint density at radius 3 is 2.80 bits per heavy atom. The van der Waals surface area contributed by atoms with Crippen LogP contribution in [0, 0.1) is 23.7 Å². The lowest BCUT2D eigenvalue weighted by atomic mass is 9.90. The maximum Gasteiger partial charge on any atom is 0.0273 e. The van der Waals surface area contributed by atoms with E-state index in [1.807, 2.05) is 0 Å². The van der Waals surface area contributed by atoms with Crippen LogP contribution in [-0.2, 0) is 0 Å². The van der Waals surface area contributed by atoms with Gasteiger partial charge in [0.05, 0.1) is 0 Å². The minimum atomic E-state index is -0.939. The smallest absolute Gasteiger partial charge is 0.0273 e. The van der Waals surface area contributed by atoms with Crippen LogP contribution in [0.5, 0.6) is 0 Å². The first-order valence-electron chi connectivity index (χ1n) is 5.05. The van der Waals surface area contributed by atoms with Crippen molar-refractivity contribution in [2.24, 2.45) is 23.7 Å². The fraction of sp³-hybridized carbons (Fsp3) is 0.600. The Balaban J connectivity index is 2.06. The summed E-state index contributed by atoms with van der Waals surface area (Å²) in [6, 6.07) is 0. The lowest BCUT2D eigenvalue weighted by Crippen LogP contribution is -2.09. The summed E-state index contributed by atoms with van der Waals surface area (Å²) >= 11 is 0. The first kappa shape index (κ1) is 3.75. The molecule has 52 valence electrons.